The Kier molecular flexibility index (Phi) is 1.31. The number of nitrogens with zero attached hydrogens (tertiary/aromatic N) is 1. The zero-order valence-corrected chi connectivity index (χ0v) is 7.54. The smallest absolute Gasteiger partial charge is 0.156 e. The summed E-state index contributed by atoms with van der Waals surface area (Å²) < 4.78 is 0. The summed E-state index contributed by atoms with van der Waals surface area (Å²) in [6.07, 6.45) is 2.07. The third kappa shape index (κ3) is 0.956. The molecule has 14 heavy (non-hydrogen) atoms. The Morgan fingerprint density at radius 3 is 3.00 bits per heavy atom. The first-order chi connectivity index (χ1) is 6.83. The second-order valence-corrected chi connectivity index (χ2v) is 3.30. The van der Waals surface area contributed by atoms with Gasteiger partial charge in [0.15, 0.2) is 5.82 Å². The van der Waals surface area contributed by atoms with E-state index >= 15 is 0 Å². The van der Waals surface area contributed by atoms with Gasteiger partial charge in [-0.05, 0) is 12.1 Å². The summed E-state index contributed by atoms with van der Waals surface area (Å²) in [6, 6.07) is 8.12. The zero-order chi connectivity index (χ0) is 9.54. The van der Waals surface area contributed by atoms with Crippen molar-refractivity contribution in [3.05, 3.63) is 40.7 Å². The van der Waals surface area contributed by atoms with Gasteiger partial charge in [0, 0.05) is 11.3 Å². The van der Waals surface area contributed by atoms with E-state index in [1.165, 1.54) is 5.56 Å². The molecule has 0 saturated carbocycles. The molecule has 0 spiro atoms. The monoisotopic (exact) mass is 183 g/mol. The molecule has 0 unspecified atom stereocenters. The number of hydrogen-bond acceptors (Lipinski definition) is 2. The van der Waals surface area contributed by atoms with Gasteiger partial charge in [0.2, 0.25) is 0 Å². The molecule has 3 rings (SSSR count). The summed E-state index contributed by atoms with van der Waals surface area (Å²) in [5.41, 5.74) is 2.95. The highest BCUT2D eigenvalue weighted by molar-refractivity contribution is 5.75. The number of nitrogens with one attached hydrogen (secondary N) is 2. The molecule has 3 nitrogen and oxygen atoms in total. The first-order valence-corrected chi connectivity index (χ1v) is 4.46. The van der Waals surface area contributed by atoms with Crippen LogP contribution in [0.2, 0.25) is 0 Å². The fourth-order valence-electron chi connectivity index (χ4n) is 1.66. The lowest BCUT2D eigenvalue weighted by Gasteiger charge is -2.10. The van der Waals surface area contributed by atoms with Crippen molar-refractivity contribution in [2.75, 3.05) is 5.32 Å². The zero-order valence-electron chi connectivity index (χ0n) is 7.54. The normalized spacial score (nSPS) is 12.3. The largest absolute Gasteiger partial charge is 0.338 e. The molecule has 0 radical (unpaired) electrons. The Labute approximate surface area is 80.8 Å². The summed E-state index contributed by atoms with van der Waals surface area (Å²) in [5, 5.41) is 4.24. The summed E-state index contributed by atoms with van der Waals surface area (Å²) in [5.74, 6) is 0.855. The fraction of sp³-hybridized carbons (Fsp3) is 0. The fourth-order valence-corrected chi connectivity index (χ4v) is 1.66. The van der Waals surface area contributed by atoms with Crippen LogP contribution in [0.3, 0.4) is 0 Å². The predicted molar refractivity (Wildman–Crippen MR) is 56.7 cm³/mol. The van der Waals surface area contributed by atoms with Crippen molar-refractivity contribution >= 4 is 24.2 Å². The molecule has 1 aromatic heterocycles. The van der Waals surface area contributed by atoms with Gasteiger partial charge in [-0.3, -0.25) is 0 Å². The first-order valence-electron chi connectivity index (χ1n) is 4.46. The maximum atomic E-state index is 4.24. The van der Waals surface area contributed by atoms with E-state index in [0.717, 1.165) is 16.9 Å². The minimum Gasteiger partial charge on any atom is -0.338 e. The van der Waals surface area contributed by atoms with E-state index in [0.29, 0.717) is 5.48 Å². The van der Waals surface area contributed by atoms with Crippen molar-refractivity contribution in [1.29, 1.82) is 0 Å². The molecular formula is C11H9N3. The molecule has 1 aromatic carbocycles. The van der Waals surface area contributed by atoms with Crippen molar-refractivity contribution in [3.63, 3.8) is 0 Å². The molecule has 2 aromatic rings. The Bertz CT molecular complexity index is 595. The Balaban J connectivity index is 2.34. The van der Waals surface area contributed by atoms with Crippen molar-refractivity contribution in [2.45, 2.75) is 0 Å². The lowest BCUT2D eigenvalue weighted by Crippen LogP contribution is -2.14. The number of benzene rings is 1. The average molecular weight is 183 g/mol. The molecule has 0 aliphatic carbocycles. The molecule has 0 bridgehead atoms. The van der Waals surface area contributed by atoms with Gasteiger partial charge in [0.05, 0.1) is 5.35 Å². The number of fused-ring (bicyclic) bond motifs is 2. The van der Waals surface area contributed by atoms with E-state index in [2.05, 4.69) is 34.0 Å². The molecule has 2 heterocycles. The molecule has 3 heteroatoms. The lowest BCUT2D eigenvalue weighted by atomic mass is 10.1. The molecule has 0 saturated heterocycles. The highest BCUT2D eigenvalue weighted by Crippen LogP contribution is 2.20. The maximum absolute atomic E-state index is 4.24. The predicted octanol–water partition coefficient (Wildman–Crippen LogP) is 0.706. The number of aromatic nitrogens is 2. The minimum absolute atomic E-state index is 0.687. The van der Waals surface area contributed by atoms with E-state index in [1.807, 2.05) is 18.2 Å². The third-order valence-corrected chi connectivity index (χ3v) is 2.29. The highest BCUT2D eigenvalue weighted by atomic mass is 15.1. The topological polar surface area (TPSA) is 40.7 Å². The molecule has 2 N–H and O–H groups in total. The molecular weight excluding hydrogens is 174 g/mol. The Morgan fingerprint density at radius 1 is 1.21 bits per heavy atom. The van der Waals surface area contributed by atoms with Crippen LogP contribution in [0.1, 0.15) is 5.56 Å². The molecule has 0 atom stereocenters. The van der Waals surface area contributed by atoms with Crippen LogP contribution in [0.15, 0.2) is 24.3 Å². The van der Waals surface area contributed by atoms with Gasteiger partial charge in [-0.1, -0.05) is 24.8 Å². The minimum atomic E-state index is 0.687. The van der Waals surface area contributed by atoms with Gasteiger partial charge in [0.1, 0.15) is 5.48 Å². The van der Waals surface area contributed by atoms with Gasteiger partial charge in [-0.25, -0.2) is 4.98 Å². The Hall–Kier alpha value is -2.03. The van der Waals surface area contributed by atoms with Crippen LogP contribution in [0.25, 0.3) is 12.7 Å². The second-order valence-electron chi connectivity index (χ2n) is 3.30. The highest BCUT2D eigenvalue weighted by Gasteiger charge is 2.08. The van der Waals surface area contributed by atoms with Crippen LogP contribution < -0.4 is 16.1 Å². The summed E-state index contributed by atoms with van der Waals surface area (Å²) in [7, 11) is 0. The standard InChI is InChI=1S/C11H9N3/c1-7-12-10-6-8-4-2-3-5-9(8)14-11(10)13-7/h2-6,12H,1H2,(H,13,14). The maximum Gasteiger partial charge on any atom is 0.156 e. The third-order valence-electron chi connectivity index (χ3n) is 2.29. The number of rotatable bonds is 0. The van der Waals surface area contributed by atoms with Crippen molar-refractivity contribution < 1.29 is 0 Å². The molecule has 0 fully saturated rings. The van der Waals surface area contributed by atoms with E-state index in [4.69, 9.17) is 0 Å². The van der Waals surface area contributed by atoms with Gasteiger partial charge >= 0.3 is 0 Å². The average Bonchev–Trinajstić information content (AvgIpc) is 2.53. The van der Waals surface area contributed by atoms with Crippen LogP contribution >= 0.6 is 0 Å². The first kappa shape index (κ1) is 7.38. The second kappa shape index (κ2) is 2.48. The Morgan fingerprint density at radius 2 is 2.07 bits per heavy atom. The van der Waals surface area contributed by atoms with E-state index < -0.39 is 0 Å². The number of imidazole rings is 1. The summed E-state index contributed by atoms with van der Waals surface area (Å²) >= 11 is 0. The van der Waals surface area contributed by atoms with Crippen LogP contribution in [-0.4, -0.2) is 9.97 Å². The number of hydrogen-bond donors (Lipinski definition) is 2. The number of H-pyrrole nitrogens is 1. The quantitative estimate of drug-likeness (QED) is 0.538. The van der Waals surface area contributed by atoms with Crippen LogP contribution in [0.4, 0.5) is 11.5 Å². The SMILES string of the molecule is C=c1nc2c([nH]1)=Cc1ccccc1N2. The summed E-state index contributed by atoms with van der Waals surface area (Å²) in [4.78, 5) is 7.34. The molecule has 1 aliphatic rings. The van der Waals surface area contributed by atoms with Crippen molar-refractivity contribution in [3.8, 4) is 0 Å². The van der Waals surface area contributed by atoms with Crippen molar-refractivity contribution in [1.82, 2.24) is 9.97 Å². The summed E-state index contributed by atoms with van der Waals surface area (Å²) in [6.45, 7) is 3.76. The van der Waals surface area contributed by atoms with Crippen LogP contribution in [-0.2, 0) is 0 Å². The van der Waals surface area contributed by atoms with Crippen LogP contribution in [0.5, 0.6) is 0 Å². The molecule has 1 aliphatic heterocycles. The van der Waals surface area contributed by atoms with E-state index in [1.54, 1.807) is 0 Å². The van der Waals surface area contributed by atoms with Gasteiger partial charge in [-0.15, -0.1) is 0 Å². The number of para-hydroxylation sites is 1. The van der Waals surface area contributed by atoms with Gasteiger partial charge < -0.3 is 10.3 Å². The van der Waals surface area contributed by atoms with E-state index in [9.17, 15) is 0 Å². The lowest BCUT2D eigenvalue weighted by molar-refractivity contribution is 1.20. The molecule has 0 amide bonds. The molecule has 68 valence electrons. The van der Waals surface area contributed by atoms with Gasteiger partial charge in [0.25, 0.3) is 0 Å². The number of anilines is 2. The van der Waals surface area contributed by atoms with Gasteiger partial charge in [-0.2, -0.15) is 0 Å². The number of aromatic amines is 1. The van der Waals surface area contributed by atoms with Crippen LogP contribution in [0, 0.1) is 0 Å². The van der Waals surface area contributed by atoms with E-state index in [-0.39, 0.29) is 0 Å². The van der Waals surface area contributed by atoms with Crippen molar-refractivity contribution in [2.24, 2.45) is 0 Å².